The zero-order valence-electron chi connectivity index (χ0n) is 1.89. The largest absolute Gasteiger partial charge is 0.457 e. The Bertz CT molecular complexity index is 0. The fourth-order valence-corrected chi connectivity index (χ4v) is 0. The molecule has 0 aliphatic heterocycles. The van der Waals surface area contributed by atoms with Gasteiger partial charge in [0.15, 0.2) is 0 Å². The molecule has 0 spiro atoms. The summed E-state index contributed by atoms with van der Waals surface area (Å²) in [4.78, 5) is 14.0. The standard InChI is InChI=1S/O2.2H2O/c1-2;;/h;2*1H2/p+1. The van der Waals surface area contributed by atoms with Crippen LogP contribution in [0.2, 0.25) is 0 Å². The van der Waals surface area contributed by atoms with E-state index in [1.165, 1.54) is 0 Å². The molecule has 0 fully saturated rings. The molecule has 28 valence electrons. The van der Waals surface area contributed by atoms with Crippen LogP contribution in [0.5, 0.6) is 0 Å². The summed E-state index contributed by atoms with van der Waals surface area (Å²) in [5, 5.41) is 0. The lowest BCUT2D eigenvalue weighted by Gasteiger charge is -0.707. The fourth-order valence-electron chi connectivity index (χ4n) is 0. The fraction of sp³-hybridized carbons (Fsp3) is 0. The first-order chi connectivity index (χ1) is 1.00. The lowest BCUT2D eigenvalue weighted by Crippen LogP contribution is -0.674. The second-order valence-electron chi connectivity index (χ2n) is 0. The van der Waals surface area contributed by atoms with Crippen molar-refractivity contribution in [3.05, 3.63) is 9.93 Å². The molecule has 0 heterocycles. The van der Waals surface area contributed by atoms with Gasteiger partial charge in [-0.3, -0.25) is 0 Å². The summed E-state index contributed by atoms with van der Waals surface area (Å²) in [5.74, 6) is 0. The molecule has 0 rings (SSSR count). The van der Waals surface area contributed by atoms with Gasteiger partial charge in [-0.2, -0.15) is 0 Å². The summed E-state index contributed by atoms with van der Waals surface area (Å²) < 4.78 is 0. The molecule has 4 heteroatoms. The molecule has 4 nitrogen and oxygen atoms in total. The van der Waals surface area contributed by atoms with Crippen LogP contribution >= 0.6 is 0 Å². The van der Waals surface area contributed by atoms with Gasteiger partial charge in [-0.1, -0.05) is 0 Å². The zero-order chi connectivity index (χ0) is 2.00. The number of rotatable bonds is 0. The van der Waals surface area contributed by atoms with Crippen molar-refractivity contribution in [2.45, 2.75) is 0 Å². The van der Waals surface area contributed by atoms with Gasteiger partial charge in [-0.15, -0.1) is 0 Å². The third-order valence-electron chi connectivity index (χ3n) is 0. The van der Waals surface area contributed by atoms with Gasteiger partial charge in [-0.25, -0.2) is 0 Å². The molecular formula is H5O4+. The molecule has 0 aromatic heterocycles. The molecule has 0 aromatic carbocycles. The van der Waals surface area contributed by atoms with Crippen LogP contribution in [0.25, 0.3) is 0 Å². The average Bonchev–Trinajstić information content (AvgIpc) is 1.00. The van der Waals surface area contributed by atoms with Crippen molar-refractivity contribution in [1.82, 2.24) is 0 Å². The summed E-state index contributed by atoms with van der Waals surface area (Å²) in [6.07, 6.45) is 0. The Balaban J connectivity index is -0.00000000500. The third kappa shape index (κ3) is 1.78. The normalized spacial score (nSPS) is 1.00. The Morgan fingerprint density at radius 2 is 1.00 bits per heavy atom. The van der Waals surface area contributed by atoms with Gasteiger partial charge in [0, 0.05) is 9.93 Å². The first-order valence-corrected chi connectivity index (χ1v) is 0.167. The Hall–Kier alpha value is -0.480. The lowest BCUT2D eigenvalue weighted by atomic mass is 15.3. The molecule has 4 heavy (non-hydrogen) atoms. The van der Waals surface area contributed by atoms with E-state index in [4.69, 9.17) is 9.93 Å². The second kappa shape index (κ2) is 25.3. The molecule has 0 atom stereocenters. The van der Waals surface area contributed by atoms with Gasteiger partial charge >= 0.3 is 0 Å². The van der Waals surface area contributed by atoms with Crippen LogP contribution in [0.4, 0.5) is 0 Å². The van der Waals surface area contributed by atoms with Gasteiger partial charge in [0.25, 0.3) is 0 Å². The Kier molecular flexibility index (Phi) is 522. The highest BCUT2D eigenvalue weighted by Crippen LogP contribution is 0.741. The van der Waals surface area contributed by atoms with Gasteiger partial charge in [0.2, 0.25) is 0 Å². The van der Waals surface area contributed by atoms with Crippen LogP contribution < -0.4 is 0 Å². The predicted octanol–water partition coefficient (Wildman–Crippen LogP) is -1.68. The van der Waals surface area contributed by atoms with Crippen molar-refractivity contribution in [1.29, 1.82) is 0 Å². The molecule has 0 saturated carbocycles. The highest BCUT2D eigenvalue weighted by Gasteiger charge is 0.707. The minimum absolute atomic E-state index is 0. The van der Waals surface area contributed by atoms with E-state index >= 15 is 0 Å². The summed E-state index contributed by atoms with van der Waals surface area (Å²) in [5.41, 5.74) is 0. The molecule has 0 aliphatic carbocycles. The maximum Gasteiger partial charge on any atom is 0 e. The molecule has 0 bridgehead atoms. The quantitative estimate of drug-likeness (QED) is 0.317. The van der Waals surface area contributed by atoms with E-state index in [0.29, 0.717) is 0 Å². The van der Waals surface area contributed by atoms with Gasteiger partial charge in [-0.05, 0) is 0 Å². The predicted molar refractivity (Wildman–Crippen MR) is 15.2 cm³/mol. The van der Waals surface area contributed by atoms with Gasteiger partial charge in [0.1, 0.15) is 0 Å². The average molecular weight is 69.0 g/mol. The summed E-state index contributed by atoms with van der Waals surface area (Å²) >= 11 is 0. The van der Waals surface area contributed by atoms with Crippen molar-refractivity contribution in [3.8, 4) is 0 Å². The zero-order valence-corrected chi connectivity index (χ0v) is 1.89. The van der Waals surface area contributed by atoms with Gasteiger partial charge in [0.05, 0.1) is 0 Å². The monoisotopic (exact) mass is 69.0 g/mol. The summed E-state index contributed by atoms with van der Waals surface area (Å²) in [7, 11) is 0. The van der Waals surface area contributed by atoms with E-state index in [0.717, 1.165) is 0 Å². The summed E-state index contributed by atoms with van der Waals surface area (Å²) in [6.45, 7) is 0. The third-order valence-corrected chi connectivity index (χ3v) is 0. The molecule has 0 aliphatic rings. The summed E-state index contributed by atoms with van der Waals surface area (Å²) in [6, 6.07) is 0. The molecule has 5 N–H and O–H groups in total. The maximum atomic E-state index is 7.00. The van der Waals surface area contributed by atoms with Crippen LogP contribution in [-0.4, -0.2) is 5.48 Å². The van der Waals surface area contributed by atoms with E-state index in [1.54, 1.807) is 0 Å². The molecule has 0 amide bonds. The van der Waals surface area contributed by atoms with E-state index in [1.807, 2.05) is 0 Å². The highest BCUT2D eigenvalue weighted by molar-refractivity contribution is 4.07. The SMILES string of the molecule is O.O=O.[OH3+]. The number of hydrogen-bond acceptors (Lipinski definition) is 2. The van der Waals surface area contributed by atoms with Crippen molar-refractivity contribution >= 4 is 0 Å². The van der Waals surface area contributed by atoms with Crippen LogP contribution in [0.1, 0.15) is 0 Å². The number of hydrogen-bond donors (Lipinski definition) is 0. The maximum absolute atomic E-state index is 7.00. The smallest absolute Gasteiger partial charge is 0 e. The van der Waals surface area contributed by atoms with Crippen LogP contribution in [0.15, 0.2) is 0 Å². The first-order valence-electron chi connectivity index (χ1n) is 0.167. The lowest BCUT2D eigenvalue weighted by molar-refractivity contribution is 0.686. The van der Waals surface area contributed by atoms with E-state index in [9.17, 15) is 0 Å². The Labute approximate surface area is 22.3 Å². The van der Waals surface area contributed by atoms with Crippen LogP contribution in [-0.2, 0) is 5.48 Å². The van der Waals surface area contributed by atoms with Crippen molar-refractivity contribution in [2.75, 3.05) is 0 Å². The molecular weight excluding hydrogens is 64.0 g/mol. The molecule has 0 unspecified atom stereocenters. The highest BCUT2D eigenvalue weighted by atomic mass is 16.7. The van der Waals surface area contributed by atoms with Crippen molar-refractivity contribution in [3.63, 3.8) is 0 Å². The second-order valence-corrected chi connectivity index (χ2v) is 0. The van der Waals surface area contributed by atoms with Crippen LogP contribution in [0, 0.1) is 9.93 Å². The van der Waals surface area contributed by atoms with E-state index in [2.05, 4.69) is 0 Å². The van der Waals surface area contributed by atoms with E-state index in [-0.39, 0.29) is 11.0 Å². The van der Waals surface area contributed by atoms with Crippen LogP contribution in [0.3, 0.4) is 0 Å². The first kappa shape index (κ1) is 82.7. The molecule has 0 saturated heterocycles. The Morgan fingerprint density at radius 3 is 1.00 bits per heavy atom. The molecule has 0 radical (unpaired) electrons. The Morgan fingerprint density at radius 1 is 1.00 bits per heavy atom. The minimum atomic E-state index is 0. The minimum Gasteiger partial charge on any atom is -0.457 e. The van der Waals surface area contributed by atoms with Crippen molar-refractivity contribution in [2.24, 2.45) is 0 Å². The molecule has 0 aromatic rings. The van der Waals surface area contributed by atoms with Gasteiger partial charge < -0.3 is 11.0 Å². The van der Waals surface area contributed by atoms with Crippen molar-refractivity contribution < 1.29 is 11.0 Å². The van der Waals surface area contributed by atoms with E-state index < -0.39 is 0 Å². The topological polar surface area (TPSA) is 98.6 Å².